The van der Waals surface area contributed by atoms with E-state index < -0.39 is 30.1 Å². The number of rotatable bonds is 2. The fraction of sp³-hybridized carbons (Fsp3) is 0.143. The fourth-order valence-electron chi connectivity index (χ4n) is 3.90. The molecule has 42 heavy (non-hydrogen) atoms. The molecular formula is C28H20ClF6N5O2. The number of anilines is 5. The second kappa shape index (κ2) is 12.5. The van der Waals surface area contributed by atoms with Gasteiger partial charge in [-0.2, -0.15) is 31.3 Å². The van der Waals surface area contributed by atoms with E-state index in [1.165, 1.54) is 18.3 Å². The number of nitrogens with one attached hydrogen (secondary N) is 3. The van der Waals surface area contributed by atoms with Crippen LogP contribution >= 0.6 is 11.6 Å². The van der Waals surface area contributed by atoms with Gasteiger partial charge in [0.2, 0.25) is 12.2 Å². The van der Waals surface area contributed by atoms with Crippen LogP contribution in [0.25, 0.3) is 0 Å². The summed E-state index contributed by atoms with van der Waals surface area (Å²) in [5, 5.41) is 9.44. The SMILES string of the molecule is O=C(Nc1ccc2cc1CCc1cccc(c1)Nc1ncc(Cl)c(n1)N2)c1cccc(C(F)(F)F)c1.O=CC(F)(F)F. The maximum atomic E-state index is 13.1. The van der Waals surface area contributed by atoms with Crippen LogP contribution in [0.15, 0.2) is 72.9 Å². The van der Waals surface area contributed by atoms with Crippen LogP contribution in [-0.4, -0.2) is 28.3 Å². The number of benzene rings is 3. The van der Waals surface area contributed by atoms with Crippen LogP contribution in [0.5, 0.6) is 0 Å². The Labute approximate surface area is 240 Å². The number of aldehydes is 1. The first-order valence-electron chi connectivity index (χ1n) is 12.1. The molecule has 0 spiro atoms. The van der Waals surface area contributed by atoms with Crippen molar-refractivity contribution in [2.45, 2.75) is 25.2 Å². The van der Waals surface area contributed by atoms with Gasteiger partial charge in [-0.3, -0.25) is 9.59 Å². The zero-order valence-corrected chi connectivity index (χ0v) is 22.0. The van der Waals surface area contributed by atoms with Gasteiger partial charge in [0.05, 0.1) is 11.8 Å². The van der Waals surface area contributed by atoms with Crippen molar-refractivity contribution in [2.75, 3.05) is 16.0 Å². The molecule has 1 aliphatic rings. The van der Waals surface area contributed by atoms with Crippen molar-refractivity contribution in [1.82, 2.24) is 9.97 Å². The predicted octanol–water partition coefficient (Wildman–Crippen LogP) is 7.73. The van der Waals surface area contributed by atoms with Crippen molar-refractivity contribution in [3.8, 4) is 0 Å². The molecule has 0 saturated heterocycles. The summed E-state index contributed by atoms with van der Waals surface area (Å²) in [5.41, 5.74) is 2.87. The third-order valence-electron chi connectivity index (χ3n) is 5.81. The zero-order valence-electron chi connectivity index (χ0n) is 21.3. The minimum Gasteiger partial charge on any atom is -0.339 e. The average molecular weight is 608 g/mol. The number of hydrogen-bond donors (Lipinski definition) is 3. The highest BCUT2D eigenvalue weighted by molar-refractivity contribution is 6.32. The van der Waals surface area contributed by atoms with E-state index in [0.29, 0.717) is 41.0 Å². The first-order chi connectivity index (χ1) is 19.8. The number of amides is 1. The summed E-state index contributed by atoms with van der Waals surface area (Å²) in [6.45, 7) is 0. The summed E-state index contributed by atoms with van der Waals surface area (Å²) in [6, 6.07) is 17.4. The van der Waals surface area contributed by atoms with Crippen LogP contribution in [-0.2, 0) is 23.8 Å². The Kier molecular flexibility index (Phi) is 9.00. The Balaban J connectivity index is 0.000000612. The van der Waals surface area contributed by atoms with E-state index in [1.54, 1.807) is 12.1 Å². The van der Waals surface area contributed by atoms with Gasteiger partial charge in [-0.15, -0.1) is 0 Å². The van der Waals surface area contributed by atoms with Crippen molar-refractivity contribution in [1.29, 1.82) is 0 Å². The van der Waals surface area contributed by atoms with Crippen molar-refractivity contribution >= 4 is 52.6 Å². The molecule has 0 fully saturated rings. The second-order valence-electron chi connectivity index (χ2n) is 8.90. The van der Waals surface area contributed by atoms with Crippen molar-refractivity contribution in [3.63, 3.8) is 0 Å². The largest absolute Gasteiger partial charge is 0.446 e. The highest BCUT2D eigenvalue weighted by atomic mass is 35.5. The second-order valence-corrected chi connectivity index (χ2v) is 9.31. The third kappa shape index (κ3) is 8.19. The van der Waals surface area contributed by atoms with Gasteiger partial charge in [-0.1, -0.05) is 29.8 Å². The van der Waals surface area contributed by atoms with E-state index in [2.05, 4.69) is 25.9 Å². The number of aryl methyl sites for hydroxylation is 2. The molecule has 0 aliphatic carbocycles. The molecule has 3 aromatic carbocycles. The molecule has 4 aromatic rings. The van der Waals surface area contributed by atoms with Crippen LogP contribution in [0.2, 0.25) is 5.02 Å². The molecule has 3 N–H and O–H groups in total. The lowest BCUT2D eigenvalue weighted by atomic mass is 10.0. The Morgan fingerprint density at radius 3 is 2.33 bits per heavy atom. The smallest absolute Gasteiger partial charge is 0.339 e. The number of aromatic nitrogens is 2. The van der Waals surface area contributed by atoms with E-state index in [4.69, 9.17) is 16.4 Å². The number of halogens is 7. The average Bonchev–Trinajstić information content (AvgIpc) is 2.94. The molecule has 1 amide bonds. The topological polar surface area (TPSA) is 96.0 Å². The van der Waals surface area contributed by atoms with Gasteiger partial charge in [0.25, 0.3) is 5.91 Å². The minimum absolute atomic E-state index is 0.0806. The normalized spacial score (nSPS) is 12.5. The molecular weight excluding hydrogens is 588 g/mol. The Morgan fingerprint density at radius 2 is 1.62 bits per heavy atom. The number of carbonyl (C=O) groups excluding carboxylic acids is 2. The lowest BCUT2D eigenvalue weighted by molar-refractivity contribution is -0.156. The van der Waals surface area contributed by atoms with Crippen LogP contribution in [0.3, 0.4) is 0 Å². The summed E-state index contributed by atoms with van der Waals surface area (Å²) in [4.78, 5) is 30.2. The number of fused-ring (bicyclic) bond motifs is 6. The molecule has 0 radical (unpaired) electrons. The van der Waals surface area contributed by atoms with E-state index in [9.17, 15) is 31.1 Å². The summed E-state index contributed by atoms with van der Waals surface area (Å²) < 4.78 is 70.6. The summed E-state index contributed by atoms with van der Waals surface area (Å²) >= 11 is 6.29. The van der Waals surface area contributed by atoms with Gasteiger partial charge in [-0.25, -0.2) is 4.98 Å². The Bertz CT molecular complexity index is 1610. The van der Waals surface area contributed by atoms with E-state index >= 15 is 0 Å². The van der Waals surface area contributed by atoms with Crippen LogP contribution < -0.4 is 16.0 Å². The lowest BCUT2D eigenvalue weighted by Gasteiger charge is -2.15. The highest BCUT2D eigenvalue weighted by Crippen LogP contribution is 2.31. The minimum atomic E-state index is -4.64. The number of hydrogen-bond acceptors (Lipinski definition) is 6. The molecule has 218 valence electrons. The van der Waals surface area contributed by atoms with Crippen LogP contribution in [0, 0.1) is 0 Å². The molecule has 7 nitrogen and oxygen atoms in total. The fourth-order valence-corrected chi connectivity index (χ4v) is 4.03. The van der Waals surface area contributed by atoms with Gasteiger partial charge in [0.1, 0.15) is 5.02 Å². The molecule has 14 heteroatoms. The summed E-state index contributed by atoms with van der Waals surface area (Å²) in [6.07, 6.45) is -7.52. The number of alkyl halides is 6. The van der Waals surface area contributed by atoms with Crippen LogP contribution in [0.1, 0.15) is 27.0 Å². The molecule has 0 saturated carbocycles. The Morgan fingerprint density at radius 1 is 0.905 bits per heavy atom. The summed E-state index contributed by atoms with van der Waals surface area (Å²) in [5.74, 6) is 0.149. The summed E-state index contributed by atoms with van der Waals surface area (Å²) in [7, 11) is 0. The molecule has 2 heterocycles. The highest BCUT2D eigenvalue weighted by Gasteiger charge is 2.31. The molecule has 0 unspecified atom stereocenters. The lowest BCUT2D eigenvalue weighted by Crippen LogP contribution is -2.15. The van der Waals surface area contributed by atoms with Crippen molar-refractivity contribution in [3.05, 3.63) is 100 Å². The van der Waals surface area contributed by atoms with E-state index in [1.807, 2.05) is 30.3 Å². The maximum Gasteiger partial charge on any atom is 0.446 e. The number of carbonyl (C=O) groups is 2. The molecule has 1 aliphatic heterocycles. The van der Waals surface area contributed by atoms with Crippen molar-refractivity contribution < 1.29 is 35.9 Å². The molecule has 5 rings (SSSR count). The molecule has 6 bridgehead atoms. The third-order valence-corrected chi connectivity index (χ3v) is 6.09. The van der Waals surface area contributed by atoms with Gasteiger partial charge < -0.3 is 16.0 Å². The van der Waals surface area contributed by atoms with Gasteiger partial charge in [-0.05, 0) is 72.5 Å². The van der Waals surface area contributed by atoms with Crippen LogP contribution in [0.4, 0.5) is 55.2 Å². The quantitative estimate of drug-likeness (QED) is 0.159. The van der Waals surface area contributed by atoms with Gasteiger partial charge in [0, 0.05) is 22.6 Å². The number of nitrogens with zero attached hydrogens (tertiary/aromatic N) is 2. The maximum absolute atomic E-state index is 13.1. The molecule has 1 aromatic heterocycles. The monoisotopic (exact) mass is 607 g/mol. The van der Waals surface area contributed by atoms with Gasteiger partial charge >= 0.3 is 12.4 Å². The van der Waals surface area contributed by atoms with Gasteiger partial charge in [0.15, 0.2) is 5.82 Å². The standard InChI is InChI=1S/C26H19ClF3N5O.C2HF3O/c27-21-14-31-25-33-19-6-1-3-15(11-19)7-8-16-13-20(32-23(21)35-25)9-10-22(16)34-24(36)17-4-2-5-18(12-17)26(28,29)30;3-2(4,5)1-6/h1-6,9-14H,7-8H2,(H,34,36)(H2,31,32,33,35);1H. The van der Waals surface area contributed by atoms with Crippen molar-refractivity contribution in [2.24, 2.45) is 0 Å². The Hall–Kier alpha value is -4.65. The first-order valence-corrected chi connectivity index (χ1v) is 12.5. The predicted molar refractivity (Wildman–Crippen MR) is 145 cm³/mol. The molecule has 0 atom stereocenters. The van der Waals surface area contributed by atoms with E-state index in [0.717, 1.165) is 28.9 Å². The zero-order chi connectivity index (χ0) is 30.5. The van der Waals surface area contributed by atoms with E-state index in [-0.39, 0.29) is 5.56 Å². The first kappa shape index (κ1) is 30.3.